The van der Waals surface area contributed by atoms with Gasteiger partial charge in [0, 0.05) is 11.0 Å². The van der Waals surface area contributed by atoms with E-state index in [0.717, 1.165) is 5.56 Å². The van der Waals surface area contributed by atoms with Crippen LogP contribution in [0.4, 0.5) is 4.39 Å². The summed E-state index contributed by atoms with van der Waals surface area (Å²) in [5, 5.41) is 0. The zero-order valence-electron chi connectivity index (χ0n) is 13.5. The van der Waals surface area contributed by atoms with E-state index in [-0.39, 0.29) is 33.9 Å². The van der Waals surface area contributed by atoms with Crippen LogP contribution in [0.25, 0.3) is 0 Å². The Hall–Kier alpha value is -1.77. The van der Waals surface area contributed by atoms with Crippen LogP contribution in [0.1, 0.15) is 22.8 Å². The average molecular weight is 430 g/mol. The maximum atomic E-state index is 12.9. The van der Waals surface area contributed by atoms with E-state index in [2.05, 4.69) is 20.7 Å². The van der Waals surface area contributed by atoms with E-state index >= 15 is 0 Å². The largest absolute Gasteiger partial charge is 0.462 e. The molecule has 25 heavy (non-hydrogen) atoms. The molecule has 0 fully saturated rings. The molecule has 0 unspecified atom stereocenters. The molecular weight excluding hydrogens is 413 g/mol. The minimum atomic E-state index is -3.75. The maximum Gasteiger partial charge on any atom is 0.338 e. The molecule has 2 aromatic carbocycles. The molecule has 134 valence electrons. The number of carbonyl (C=O) groups is 1. The van der Waals surface area contributed by atoms with Crippen molar-refractivity contribution in [3.05, 3.63) is 63.9 Å². The second-order valence-corrected chi connectivity index (χ2v) is 7.73. The first-order valence-electron chi connectivity index (χ1n) is 7.54. The Labute approximate surface area is 154 Å². The van der Waals surface area contributed by atoms with E-state index in [1.165, 1.54) is 30.3 Å². The summed E-state index contributed by atoms with van der Waals surface area (Å²) in [6.07, 6.45) is 0.429. The monoisotopic (exact) mass is 429 g/mol. The van der Waals surface area contributed by atoms with Gasteiger partial charge in [0.15, 0.2) is 0 Å². The van der Waals surface area contributed by atoms with Gasteiger partial charge in [0.2, 0.25) is 10.0 Å². The third kappa shape index (κ3) is 5.35. The molecule has 0 amide bonds. The molecule has 0 aromatic heterocycles. The molecule has 0 aliphatic rings. The van der Waals surface area contributed by atoms with Gasteiger partial charge in [-0.1, -0.05) is 12.1 Å². The van der Waals surface area contributed by atoms with Crippen molar-refractivity contribution in [3.63, 3.8) is 0 Å². The number of carbonyl (C=O) groups excluding carboxylic acids is 1. The Kier molecular flexibility index (Phi) is 6.69. The van der Waals surface area contributed by atoms with Gasteiger partial charge in [0.05, 0.1) is 17.1 Å². The number of benzene rings is 2. The molecule has 0 aliphatic heterocycles. The number of nitrogens with one attached hydrogen (secondary N) is 1. The van der Waals surface area contributed by atoms with Crippen LogP contribution in [-0.2, 0) is 21.2 Å². The Morgan fingerprint density at radius 3 is 2.48 bits per heavy atom. The van der Waals surface area contributed by atoms with Crippen LogP contribution in [0.3, 0.4) is 0 Å². The highest BCUT2D eigenvalue weighted by Crippen LogP contribution is 2.23. The van der Waals surface area contributed by atoms with Gasteiger partial charge in [-0.3, -0.25) is 0 Å². The molecule has 2 rings (SSSR count). The van der Waals surface area contributed by atoms with E-state index in [1.807, 2.05) is 0 Å². The minimum Gasteiger partial charge on any atom is -0.462 e. The molecule has 0 spiro atoms. The quantitative estimate of drug-likeness (QED) is 0.685. The van der Waals surface area contributed by atoms with Crippen molar-refractivity contribution in [1.29, 1.82) is 0 Å². The second kappa shape index (κ2) is 8.55. The van der Waals surface area contributed by atoms with E-state index in [4.69, 9.17) is 4.74 Å². The SMILES string of the molecule is CCOC(=O)c1ccc(S(=O)(=O)NCCc2ccc(F)cc2)c(Br)c1. The lowest BCUT2D eigenvalue weighted by Crippen LogP contribution is -2.26. The standard InChI is InChI=1S/C17H17BrFNO4S/c1-2-24-17(21)13-5-8-16(15(18)11-13)25(22,23)20-10-9-12-3-6-14(19)7-4-12/h3-8,11,20H,2,9-10H2,1H3. The first-order valence-corrected chi connectivity index (χ1v) is 9.82. The van der Waals surface area contributed by atoms with Crippen molar-refractivity contribution in [2.24, 2.45) is 0 Å². The van der Waals surface area contributed by atoms with Crippen molar-refractivity contribution >= 4 is 31.9 Å². The first kappa shape index (κ1) is 19.6. The van der Waals surface area contributed by atoms with E-state index < -0.39 is 16.0 Å². The topological polar surface area (TPSA) is 72.5 Å². The van der Waals surface area contributed by atoms with Gasteiger partial charge in [-0.15, -0.1) is 0 Å². The molecule has 2 aromatic rings. The molecule has 0 saturated heterocycles. The zero-order chi connectivity index (χ0) is 18.4. The van der Waals surface area contributed by atoms with Crippen LogP contribution in [0.5, 0.6) is 0 Å². The summed E-state index contributed by atoms with van der Waals surface area (Å²) in [7, 11) is -3.75. The molecule has 0 heterocycles. The van der Waals surface area contributed by atoms with Gasteiger partial charge >= 0.3 is 5.97 Å². The predicted octanol–water partition coefficient (Wildman–Crippen LogP) is 3.29. The molecule has 0 bridgehead atoms. The van der Waals surface area contributed by atoms with Gasteiger partial charge in [-0.05, 0) is 65.2 Å². The molecule has 5 nitrogen and oxygen atoms in total. The van der Waals surface area contributed by atoms with Gasteiger partial charge in [0.1, 0.15) is 5.82 Å². The van der Waals surface area contributed by atoms with Crippen molar-refractivity contribution in [3.8, 4) is 0 Å². The average Bonchev–Trinajstić information content (AvgIpc) is 2.56. The highest BCUT2D eigenvalue weighted by Gasteiger charge is 2.19. The number of rotatable bonds is 7. The molecule has 8 heteroatoms. The van der Waals surface area contributed by atoms with E-state index in [1.54, 1.807) is 19.1 Å². The summed E-state index contributed by atoms with van der Waals surface area (Å²) >= 11 is 3.18. The molecule has 0 aliphatic carbocycles. The third-order valence-electron chi connectivity index (χ3n) is 3.35. The molecule has 0 radical (unpaired) electrons. The lowest BCUT2D eigenvalue weighted by atomic mass is 10.1. The lowest BCUT2D eigenvalue weighted by Gasteiger charge is -2.10. The fraction of sp³-hybridized carbons (Fsp3) is 0.235. The molecular formula is C17H17BrFNO4S. The van der Waals surface area contributed by atoms with Crippen molar-refractivity contribution < 1.29 is 22.3 Å². The van der Waals surface area contributed by atoms with Crippen LogP contribution >= 0.6 is 15.9 Å². The van der Waals surface area contributed by atoms with Gasteiger partial charge in [-0.25, -0.2) is 22.3 Å². The van der Waals surface area contributed by atoms with Gasteiger partial charge in [-0.2, -0.15) is 0 Å². The minimum absolute atomic E-state index is 0.0275. The number of hydrogen-bond donors (Lipinski definition) is 1. The zero-order valence-corrected chi connectivity index (χ0v) is 15.9. The number of hydrogen-bond acceptors (Lipinski definition) is 4. The summed E-state index contributed by atoms with van der Waals surface area (Å²) in [5.74, 6) is -0.855. The van der Waals surface area contributed by atoms with E-state index in [0.29, 0.717) is 6.42 Å². The Morgan fingerprint density at radius 1 is 1.20 bits per heavy atom. The molecule has 0 atom stereocenters. The van der Waals surface area contributed by atoms with Gasteiger partial charge in [0.25, 0.3) is 0 Å². The van der Waals surface area contributed by atoms with Crippen LogP contribution in [0, 0.1) is 5.82 Å². The Morgan fingerprint density at radius 2 is 1.88 bits per heavy atom. The Bertz CT molecular complexity index is 853. The Balaban J connectivity index is 2.05. The smallest absolute Gasteiger partial charge is 0.338 e. The number of esters is 1. The number of ether oxygens (including phenoxy) is 1. The highest BCUT2D eigenvalue weighted by atomic mass is 79.9. The summed E-state index contributed by atoms with van der Waals surface area (Å²) < 4.78 is 45.3. The fourth-order valence-corrected chi connectivity index (χ4v) is 4.23. The van der Waals surface area contributed by atoms with Crippen LogP contribution in [0.15, 0.2) is 51.8 Å². The lowest BCUT2D eigenvalue weighted by molar-refractivity contribution is 0.0526. The van der Waals surface area contributed by atoms with Gasteiger partial charge < -0.3 is 4.74 Å². The van der Waals surface area contributed by atoms with E-state index in [9.17, 15) is 17.6 Å². The molecule has 1 N–H and O–H groups in total. The number of halogens is 2. The molecule has 0 saturated carbocycles. The third-order valence-corrected chi connectivity index (χ3v) is 5.79. The normalized spacial score (nSPS) is 11.3. The van der Waals surface area contributed by atoms with Crippen LogP contribution in [0.2, 0.25) is 0 Å². The summed E-state index contributed by atoms with van der Waals surface area (Å²) in [6, 6.07) is 10.0. The van der Waals surface area contributed by atoms with Crippen LogP contribution in [-0.4, -0.2) is 27.5 Å². The summed E-state index contributed by atoms with van der Waals surface area (Å²) in [6.45, 7) is 2.10. The van der Waals surface area contributed by atoms with Crippen LogP contribution < -0.4 is 4.72 Å². The second-order valence-electron chi connectivity index (χ2n) is 5.14. The fourth-order valence-electron chi connectivity index (χ4n) is 2.12. The van der Waals surface area contributed by atoms with Crippen molar-refractivity contribution in [2.45, 2.75) is 18.2 Å². The number of sulfonamides is 1. The van der Waals surface area contributed by atoms with Crippen molar-refractivity contribution in [2.75, 3.05) is 13.2 Å². The maximum absolute atomic E-state index is 12.9. The summed E-state index contributed by atoms with van der Waals surface area (Å²) in [5.41, 5.74) is 1.08. The highest BCUT2D eigenvalue weighted by molar-refractivity contribution is 9.10. The predicted molar refractivity (Wildman–Crippen MR) is 95.4 cm³/mol. The first-order chi connectivity index (χ1) is 11.8. The van der Waals surface area contributed by atoms with Crippen molar-refractivity contribution in [1.82, 2.24) is 4.72 Å². The summed E-state index contributed by atoms with van der Waals surface area (Å²) in [4.78, 5) is 11.7.